The second-order valence-corrected chi connectivity index (χ2v) is 3.23. The molecule has 3 nitrogen and oxygen atoms in total. The SMILES string of the molecule is CCCC(N)=NCCc1cccnc1. The van der Waals surface area contributed by atoms with E-state index in [-0.39, 0.29) is 0 Å². The predicted molar refractivity (Wildman–Crippen MR) is 59.3 cm³/mol. The average Bonchev–Trinajstić information content (AvgIpc) is 2.20. The summed E-state index contributed by atoms with van der Waals surface area (Å²) in [6, 6.07) is 3.99. The van der Waals surface area contributed by atoms with Crippen molar-refractivity contribution < 1.29 is 0 Å². The van der Waals surface area contributed by atoms with E-state index in [0.29, 0.717) is 0 Å². The molecule has 0 spiro atoms. The molecule has 0 amide bonds. The van der Waals surface area contributed by atoms with Gasteiger partial charge in [-0.15, -0.1) is 0 Å². The van der Waals surface area contributed by atoms with Crippen LogP contribution in [-0.2, 0) is 6.42 Å². The van der Waals surface area contributed by atoms with Gasteiger partial charge in [-0.05, 0) is 24.5 Å². The van der Waals surface area contributed by atoms with Crippen LogP contribution >= 0.6 is 0 Å². The van der Waals surface area contributed by atoms with E-state index in [0.717, 1.165) is 31.6 Å². The second kappa shape index (κ2) is 6.13. The largest absolute Gasteiger partial charge is 0.387 e. The van der Waals surface area contributed by atoms with Crippen molar-refractivity contribution in [2.45, 2.75) is 26.2 Å². The first-order chi connectivity index (χ1) is 6.83. The highest BCUT2D eigenvalue weighted by molar-refractivity contribution is 5.80. The van der Waals surface area contributed by atoms with Gasteiger partial charge in [-0.3, -0.25) is 9.98 Å². The number of rotatable bonds is 5. The van der Waals surface area contributed by atoms with Gasteiger partial charge in [0.25, 0.3) is 0 Å². The standard InChI is InChI=1S/C11H17N3/c1-2-4-11(12)14-8-6-10-5-3-7-13-9-10/h3,5,7,9H,2,4,6,8H2,1H3,(H2,12,14). The number of hydrogen-bond acceptors (Lipinski definition) is 2. The van der Waals surface area contributed by atoms with Crippen molar-refractivity contribution in [2.24, 2.45) is 10.7 Å². The lowest BCUT2D eigenvalue weighted by atomic mass is 10.2. The van der Waals surface area contributed by atoms with Gasteiger partial charge in [-0.1, -0.05) is 13.0 Å². The molecule has 0 unspecified atom stereocenters. The molecule has 0 aromatic carbocycles. The molecule has 0 aliphatic rings. The maximum atomic E-state index is 5.68. The molecular weight excluding hydrogens is 174 g/mol. The van der Waals surface area contributed by atoms with Crippen molar-refractivity contribution in [3.05, 3.63) is 30.1 Å². The van der Waals surface area contributed by atoms with Crippen LogP contribution in [0.15, 0.2) is 29.5 Å². The van der Waals surface area contributed by atoms with E-state index in [1.54, 1.807) is 6.20 Å². The van der Waals surface area contributed by atoms with Crippen molar-refractivity contribution >= 4 is 5.84 Å². The second-order valence-electron chi connectivity index (χ2n) is 3.23. The van der Waals surface area contributed by atoms with Crippen molar-refractivity contribution in [2.75, 3.05) is 6.54 Å². The van der Waals surface area contributed by atoms with Crippen LogP contribution in [0.5, 0.6) is 0 Å². The lowest BCUT2D eigenvalue weighted by Crippen LogP contribution is -2.11. The summed E-state index contributed by atoms with van der Waals surface area (Å²) in [5, 5.41) is 0. The zero-order valence-corrected chi connectivity index (χ0v) is 8.61. The number of amidine groups is 1. The van der Waals surface area contributed by atoms with Gasteiger partial charge in [0.2, 0.25) is 0 Å². The predicted octanol–water partition coefficient (Wildman–Crippen LogP) is 1.78. The summed E-state index contributed by atoms with van der Waals surface area (Å²) < 4.78 is 0. The molecule has 14 heavy (non-hydrogen) atoms. The van der Waals surface area contributed by atoms with Gasteiger partial charge in [0.15, 0.2) is 0 Å². The topological polar surface area (TPSA) is 51.3 Å². The first-order valence-electron chi connectivity index (χ1n) is 5.00. The third-order valence-electron chi connectivity index (χ3n) is 1.94. The maximum Gasteiger partial charge on any atom is 0.0937 e. The molecule has 1 heterocycles. The molecule has 1 aromatic heterocycles. The summed E-state index contributed by atoms with van der Waals surface area (Å²) in [6.07, 6.45) is 6.51. The minimum Gasteiger partial charge on any atom is -0.387 e. The summed E-state index contributed by atoms with van der Waals surface area (Å²) in [5.74, 6) is 0.761. The van der Waals surface area contributed by atoms with Crippen LogP contribution in [-0.4, -0.2) is 17.4 Å². The first kappa shape index (κ1) is 10.7. The van der Waals surface area contributed by atoms with E-state index in [1.165, 1.54) is 5.56 Å². The Bertz CT molecular complexity index is 280. The zero-order valence-electron chi connectivity index (χ0n) is 8.61. The van der Waals surface area contributed by atoms with Crippen LogP contribution in [0.2, 0.25) is 0 Å². The highest BCUT2D eigenvalue weighted by Crippen LogP contribution is 1.97. The maximum absolute atomic E-state index is 5.68. The van der Waals surface area contributed by atoms with Crippen LogP contribution < -0.4 is 5.73 Å². The minimum absolute atomic E-state index is 0.761. The Kier molecular flexibility index (Phi) is 4.69. The zero-order chi connectivity index (χ0) is 10.2. The van der Waals surface area contributed by atoms with E-state index in [1.807, 2.05) is 12.3 Å². The van der Waals surface area contributed by atoms with Crippen LogP contribution in [0.1, 0.15) is 25.3 Å². The molecule has 2 N–H and O–H groups in total. The monoisotopic (exact) mass is 191 g/mol. The van der Waals surface area contributed by atoms with Crippen molar-refractivity contribution in [3.8, 4) is 0 Å². The number of nitrogens with two attached hydrogens (primary N) is 1. The third kappa shape index (κ3) is 4.03. The molecular formula is C11H17N3. The lowest BCUT2D eigenvalue weighted by molar-refractivity contribution is 0.922. The number of aromatic nitrogens is 1. The Labute approximate surface area is 85.1 Å². The van der Waals surface area contributed by atoms with Crippen LogP contribution in [0.25, 0.3) is 0 Å². The Hall–Kier alpha value is -1.38. The molecule has 0 aliphatic carbocycles. The number of aliphatic imine (C=N–C) groups is 1. The highest BCUT2D eigenvalue weighted by Gasteiger charge is 1.92. The quantitative estimate of drug-likeness (QED) is 0.569. The fourth-order valence-corrected chi connectivity index (χ4v) is 1.21. The van der Waals surface area contributed by atoms with E-state index in [4.69, 9.17) is 5.73 Å². The van der Waals surface area contributed by atoms with E-state index >= 15 is 0 Å². The molecule has 0 bridgehead atoms. The third-order valence-corrected chi connectivity index (χ3v) is 1.94. The van der Waals surface area contributed by atoms with Gasteiger partial charge in [0, 0.05) is 25.4 Å². The molecule has 1 aromatic rings. The summed E-state index contributed by atoms with van der Waals surface area (Å²) in [4.78, 5) is 8.31. The Morgan fingerprint density at radius 3 is 3.07 bits per heavy atom. The summed E-state index contributed by atoms with van der Waals surface area (Å²) in [6.45, 7) is 2.86. The average molecular weight is 191 g/mol. The summed E-state index contributed by atoms with van der Waals surface area (Å²) in [5.41, 5.74) is 6.89. The van der Waals surface area contributed by atoms with E-state index in [9.17, 15) is 0 Å². The Morgan fingerprint density at radius 2 is 2.43 bits per heavy atom. The smallest absolute Gasteiger partial charge is 0.0937 e. The van der Waals surface area contributed by atoms with Gasteiger partial charge < -0.3 is 5.73 Å². The van der Waals surface area contributed by atoms with Gasteiger partial charge >= 0.3 is 0 Å². The first-order valence-corrected chi connectivity index (χ1v) is 5.00. The van der Waals surface area contributed by atoms with Crippen LogP contribution in [0, 0.1) is 0 Å². The molecule has 76 valence electrons. The lowest BCUT2D eigenvalue weighted by Gasteiger charge is -1.99. The molecule has 0 radical (unpaired) electrons. The molecule has 0 saturated heterocycles. The van der Waals surface area contributed by atoms with Crippen molar-refractivity contribution in [3.63, 3.8) is 0 Å². The fourth-order valence-electron chi connectivity index (χ4n) is 1.21. The molecule has 1 rings (SSSR count). The van der Waals surface area contributed by atoms with Gasteiger partial charge in [-0.25, -0.2) is 0 Å². The normalized spacial score (nSPS) is 11.6. The Balaban J connectivity index is 2.31. The molecule has 0 aliphatic heterocycles. The van der Waals surface area contributed by atoms with E-state index < -0.39 is 0 Å². The molecule has 0 atom stereocenters. The summed E-state index contributed by atoms with van der Waals surface area (Å²) >= 11 is 0. The van der Waals surface area contributed by atoms with Crippen LogP contribution in [0.4, 0.5) is 0 Å². The van der Waals surface area contributed by atoms with Crippen LogP contribution in [0.3, 0.4) is 0 Å². The van der Waals surface area contributed by atoms with Crippen molar-refractivity contribution in [1.29, 1.82) is 0 Å². The summed E-state index contributed by atoms with van der Waals surface area (Å²) in [7, 11) is 0. The van der Waals surface area contributed by atoms with Gasteiger partial charge in [0.1, 0.15) is 0 Å². The molecule has 0 fully saturated rings. The number of nitrogens with zero attached hydrogens (tertiary/aromatic N) is 2. The number of pyridine rings is 1. The molecule has 3 heteroatoms. The fraction of sp³-hybridized carbons (Fsp3) is 0.455. The Morgan fingerprint density at radius 1 is 1.57 bits per heavy atom. The van der Waals surface area contributed by atoms with Gasteiger partial charge in [0.05, 0.1) is 5.84 Å². The number of hydrogen-bond donors (Lipinski definition) is 1. The minimum atomic E-state index is 0.761. The van der Waals surface area contributed by atoms with E-state index in [2.05, 4.69) is 23.0 Å². The molecule has 0 saturated carbocycles. The van der Waals surface area contributed by atoms with Crippen molar-refractivity contribution in [1.82, 2.24) is 4.98 Å². The highest BCUT2D eigenvalue weighted by atomic mass is 14.8. The van der Waals surface area contributed by atoms with Gasteiger partial charge in [-0.2, -0.15) is 0 Å².